The van der Waals surface area contributed by atoms with Crippen LogP contribution < -0.4 is 0 Å². The number of carbonyl (C=O) groups is 1. The van der Waals surface area contributed by atoms with Crippen LogP contribution in [0.15, 0.2) is 28.5 Å². The maximum absolute atomic E-state index is 13.1. The lowest BCUT2D eigenvalue weighted by Gasteiger charge is -2.34. The average Bonchev–Trinajstić information content (AvgIpc) is 3.22. The molecule has 0 radical (unpaired) electrons. The average molecular weight is 485 g/mol. The molecule has 0 unspecified atom stereocenters. The van der Waals surface area contributed by atoms with E-state index in [1.165, 1.54) is 22.5 Å². The van der Waals surface area contributed by atoms with Gasteiger partial charge in [-0.1, -0.05) is 32.4 Å². The van der Waals surface area contributed by atoms with Gasteiger partial charge in [0, 0.05) is 51.2 Å². The Morgan fingerprint density at radius 3 is 2.42 bits per heavy atom. The second-order valence-electron chi connectivity index (χ2n) is 7.39. The second kappa shape index (κ2) is 10.4. The van der Waals surface area contributed by atoms with Gasteiger partial charge in [0.1, 0.15) is 0 Å². The molecular formula is C21H29ClN4O3S2. The normalized spacial score (nSPS) is 15.6. The molecule has 3 rings (SSSR count). The van der Waals surface area contributed by atoms with Gasteiger partial charge in [0.05, 0.1) is 26.2 Å². The zero-order valence-corrected chi connectivity index (χ0v) is 20.6. The molecule has 0 aliphatic carbocycles. The van der Waals surface area contributed by atoms with Crippen LogP contribution in [-0.2, 0) is 23.0 Å². The van der Waals surface area contributed by atoms with Gasteiger partial charge in [-0.05, 0) is 24.6 Å². The van der Waals surface area contributed by atoms with Crippen molar-refractivity contribution in [3.8, 4) is 0 Å². The van der Waals surface area contributed by atoms with Gasteiger partial charge in [-0.15, -0.1) is 11.3 Å². The molecule has 1 amide bonds. The summed E-state index contributed by atoms with van der Waals surface area (Å²) in [6.07, 6.45) is 0.941. The molecule has 31 heavy (non-hydrogen) atoms. The fourth-order valence-corrected chi connectivity index (χ4v) is 6.05. The van der Waals surface area contributed by atoms with Crippen molar-refractivity contribution in [1.82, 2.24) is 19.1 Å². The van der Waals surface area contributed by atoms with E-state index in [4.69, 9.17) is 11.6 Å². The lowest BCUT2D eigenvalue weighted by Crippen LogP contribution is -2.48. The van der Waals surface area contributed by atoms with Gasteiger partial charge in [-0.2, -0.15) is 4.31 Å². The summed E-state index contributed by atoms with van der Waals surface area (Å²) in [5.41, 5.74) is 1.30. The van der Waals surface area contributed by atoms with E-state index in [0.717, 1.165) is 36.8 Å². The van der Waals surface area contributed by atoms with Crippen LogP contribution in [0.3, 0.4) is 0 Å². The van der Waals surface area contributed by atoms with Crippen molar-refractivity contribution in [2.45, 2.75) is 38.6 Å². The molecule has 1 fully saturated rings. The highest BCUT2D eigenvalue weighted by atomic mass is 35.5. The van der Waals surface area contributed by atoms with Crippen molar-refractivity contribution < 1.29 is 13.2 Å². The monoisotopic (exact) mass is 484 g/mol. The minimum Gasteiger partial charge on any atom is -0.336 e. The minimum atomic E-state index is -3.66. The van der Waals surface area contributed by atoms with Crippen LogP contribution >= 0.6 is 22.9 Å². The van der Waals surface area contributed by atoms with Gasteiger partial charge < -0.3 is 4.90 Å². The van der Waals surface area contributed by atoms with Crippen molar-refractivity contribution >= 4 is 38.9 Å². The molecule has 0 spiro atoms. The molecule has 1 aromatic heterocycles. The van der Waals surface area contributed by atoms with Crippen LogP contribution in [-0.4, -0.2) is 72.7 Å². The van der Waals surface area contributed by atoms with Crippen molar-refractivity contribution in [1.29, 1.82) is 0 Å². The van der Waals surface area contributed by atoms with Crippen LogP contribution in [0, 0.1) is 0 Å². The highest BCUT2D eigenvalue weighted by Gasteiger charge is 2.27. The molecular weight excluding hydrogens is 456 g/mol. The summed E-state index contributed by atoms with van der Waals surface area (Å²) in [7, 11) is -3.66. The smallest absolute Gasteiger partial charge is 0.255 e. The van der Waals surface area contributed by atoms with Gasteiger partial charge in [0.2, 0.25) is 10.0 Å². The van der Waals surface area contributed by atoms with Gasteiger partial charge in [0.25, 0.3) is 5.91 Å². The third kappa shape index (κ3) is 5.46. The molecule has 1 saturated heterocycles. The predicted molar refractivity (Wildman–Crippen MR) is 124 cm³/mol. The number of aromatic nitrogens is 1. The van der Waals surface area contributed by atoms with E-state index in [1.807, 2.05) is 0 Å². The Hall–Kier alpha value is -1.52. The number of sulfonamides is 1. The lowest BCUT2D eigenvalue weighted by atomic mass is 10.1. The summed E-state index contributed by atoms with van der Waals surface area (Å²) in [6.45, 7) is 9.78. The summed E-state index contributed by atoms with van der Waals surface area (Å²) < 4.78 is 27.1. The number of amides is 1. The number of hydrogen-bond donors (Lipinski definition) is 0. The Morgan fingerprint density at radius 1 is 1.16 bits per heavy atom. The first-order valence-electron chi connectivity index (χ1n) is 10.5. The zero-order chi connectivity index (χ0) is 22.6. The molecule has 1 aliphatic rings. The molecule has 10 heteroatoms. The number of hydrogen-bond acceptors (Lipinski definition) is 6. The number of thiazole rings is 1. The molecule has 0 N–H and O–H groups in total. The van der Waals surface area contributed by atoms with Crippen LogP contribution in [0.5, 0.6) is 0 Å². The molecule has 170 valence electrons. The number of halogens is 1. The number of aryl methyl sites for hydroxylation is 1. The molecule has 0 atom stereocenters. The predicted octanol–water partition coefficient (Wildman–Crippen LogP) is 3.35. The molecule has 0 saturated carbocycles. The van der Waals surface area contributed by atoms with E-state index in [-0.39, 0.29) is 21.4 Å². The van der Waals surface area contributed by atoms with Crippen molar-refractivity contribution in [2.24, 2.45) is 0 Å². The van der Waals surface area contributed by atoms with Gasteiger partial charge in [0.15, 0.2) is 0 Å². The first-order valence-corrected chi connectivity index (χ1v) is 13.2. The number of rotatable bonds is 8. The highest BCUT2D eigenvalue weighted by molar-refractivity contribution is 7.89. The van der Waals surface area contributed by atoms with Crippen LogP contribution in [0.1, 0.15) is 41.8 Å². The molecule has 2 heterocycles. The van der Waals surface area contributed by atoms with E-state index in [9.17, 15) is 13.2 Å². The van der Waals surface area contributed by atoms with E-state index in [0.29, 0.717) is 26.2 Å². The van der Waals surface area contributed by atoms with E-state index in [2.05, 4.69) is 22.2 Å². The first kappa shape index (κ1) is 24.1. The Balaban J connectivity index is 1.69. The van der Waals surface area contributed by atoms with Gasteiger partial charge >= 0.3 is 0 Å². The Kier molecular flexibility index (Phi) is 8.09. The fraction of sp³-hybridized carbons (Fsp3) is 0.524. The lowest BCUT2D eigenvalue weighted by molar-refractivity contribution is 0.0627. The van der Waals surface area contributed by atoms with Crippen LogP contribution in [0.25, 0.3) is 0 Å². The largest absolute Gasteiger partial charge is 0.336 e. The zero-order valence-electron chi connectivity index (χ0n) is 18.2. The van der Waals surface area contributed by atoms with Crippen molar-refractivity contribution in [2.75, 3.05) is 39.3 Å². The second-order valence-corrected chi connectivity index (χ2v) is 10.7. The number of piperazine rings is 1. The molecule has 0 bridgehead atoms. The minimum absolute atomic E-state index is 0.0952. The molecule has 1 aromatic carbocycles. The number of carbonyl (C=O) groups excluding carboxylic acids is 1. The number of benzene rings is 1. The molecule has 1 aliphatic heterocycles. The molecule has 7 nitrogen and oxygen atoms in total. The van der Waals surface area contributed by atoms with E-state index >= 15 is 0 Å². The summed E-state index contributed by atoms with van der Waals surface area (Å²) in [6, 6.07) is 4.37. The maximum Gasteiger partial charge on any atom is 0.255 e. The highest BCUT2D eigenvalue weighted by Crippen LogP contribution is 2.25. The van der Waals surface area contributed by atoms with Gasteiger partial charge in [-0.25, -0.2) is 13.4 Å². The topological polar surface area (TPSA) is 73.8 Å². The fourth-order valence-electron chi connectivity index (χ4n) is 3.63. The molecule has 2 aromatic rings. The summed E-state index contributed by atoms with van der Waals surface area (Å²) in [4.78, 5) is 21.8. The SMILES string of the molecule is CCc1nc(CN2CCN(C(=O)c3cc(S(=O)(=O)N(CC)CC)ccc3Cl)CC2)cs1. The van der Waals surface area contributed by atoms with Crippen molar-refractivity contribution in [3.05, 3.63) is 44.9 Å². The Bertz CT molecular complexity index is 1010. The first-order chi connectivity index (χ1) is 14.8. The maximum atomic E-state index is 13.1. The third-order valence-corrected chi connectivity index (χ3v) is 8.88. The Labute approximate surface area is 193 Å². The van der Waals surface area contributed by atoms with Crippen molar-refractivity contribution in [3.63, 3.8) is 0 Å². The van der Waals surface area contributed by atoms with Crippen LogP contribution in [0.4, 0.5) is 0 Å². The van der Waals surface area contributed by atoms with E-state index < -0.39 is 10.0 Å². The summed E-state index contributed by atoms with van der Waals surface area (Å²) >= 11 is 7.97. The van der Waals surface area contributed by atoms with Gasteiger partial charge in [-0.3, -0.25) is 9.69 Å². The standard InChI is InChI=1S/C21H29ClN4O3S2/c1-4-20-23-16(15-30-20)14-24-9-11-25(12-10-24)21(27)18-13-17(7-8-19(18)22)31(28,29)26(5-2)6-3/h7-8,13,15H,4-6,9-12,14H2,1-3H3. The number of nitrogens with zero attached hydrogens (tertiary/aromatic N) is 4. The van der Waals surface area contributed by atoms with Crippen LogP contribution in [0.2, 0.25) is 5.02 Å². The summed E-state index contributed by atoms with van der Waals surface area (Å²) in [5.74, 6) is -0.233. The quantitative estimate of drug-likeness (QED) is 0.574. The Morgan fingerprint density at radius 2 is 1.84 bits per heavy atom. The third-order valence-electron chi connectivity index (χ3n) is 5.46. The summed E-state index contributed by atoms with van der Waals surface area (Å²) in [5, 5.41) is 3.50. The van der Waals surface area contributed by atoms with E-state index in [1.54, 1.807) is 30.1 Å².